The van der Waals surface area contributed by atoms with Crippen molar-refractivity contribution >= 4 is 11.9 Å². The van der Waals surface area contributed by atoms with Gasteiger partial charge in [-0.25, -0.2) is 4.79 Å². The van der Waals surface area contributed by atoms with Gasteiger partial charge in [-0.2, -0.15) is 0 Å². The molecule has 0 saturated heterocycles. The lowest BCUT2D eigenvalue weighted by molar-refractivity contribution is -0.156. The van der Waals surface area contributed by atoms with E-state index in [2.05, 4.69) is 6.92 Å². The average Bonchev–Trinajstić information content (AvgIpc) is 2.52. The summed E-state index contributed by atoms with van der Waals surface area (Å²) in [7, 11) is 0. The van der Waals surface area contributed by atoms with Crippen molar-refractivity contribution in [1.29, 1.82) is 0 Å². The maximum atomic E-state index is 12.6. The third-order valence-corrected chi connectivity index (χ3v) is 4.01. The van der Waals surface area contributed by atoms with Crippen LogP contribution in [-0.2, 0) is 20.7 Å². The van der Waals surface area contributed by atoms with Crippen molar-refractivity contribution in [2.75, 3.05) is 13.2 Å². The lowest BCUT2D eigenvalue weighted by Crippen LogP contribution is -2.47. The Morgan fingerprint density at radius 3 is 2.82 bits per heavy atom. The topological polar surface area (TPSA) is 66.8 Å². The predicted octanol–water partition coefficient (Wildman–Crippen LogP) is 2.40. The second-order valence-corrected chi connectivity index (χ2v) is 5.59. The molecule has 5 nitrogen and oxygen atoms in total. The number of hydrogen-bond donors (Lipinski definition) is 1. The van der Waals surface area contributed by atoms with Crippen LogP contribution in [0.25, 0.3) is 0 Å². The Morgan fingerprint density at radius 1 is 1.41 bits per heavy atom. The molecule has 1 aliphatic rings. The van der Waals surface area contributed by atoms with Gasteiger partial charge in [-0.05, 0) is 30.9 Å². The minimum Gasteiger partial charge on any atom is -0.479 e. The fourth-order valence-electron chi connectivity index (χ4n) is 2.78. The van der Waals surface area contributed by atoms with E-state index in [1.165, 1.54) is 4.90 Å². The van der Waals surface area contributed by atoms with Crippen LogP contribution in [0.5, 0.6) is 0 Å². The number of carbonyl (C=O) groups excluding carboxylic acids is 1. The van der Waals surface area contributed by atoms with E-state index in [1.54, 1.807) is 13.0 Å². The molecule has 0 radical (unpaired) electrons. The highest BCUT2D eigenvalue weighted by atomic mass is 16.5. The van der Waals surface area contributed by atoms with Gasteiger partial charge >= 0.3 is 5.97 Å². The van der Waals surface area contributed by atoms with E-state index in [1.807, 2.05) is 18.2 Å². The lowest BCUT2D eigenvalue weighted by atomic mass is 9.92. The fraction of sp³-hybridized carbons (Fsp3) is 0.529. The monoisotopic (exact) mass is 305 g/mol. The summed E-state index contributed by atoms with van der Waals surface area (Å²) in [6.45, 7) is 4.68. The van der Waals surface area contributed by atoms with Gasteiger partial charge in [0.1, 0.15) is 6.10 Å². The van der Waals surface area contributed by atoms with Crippen molar-refractivity contribution in [2.45, 2.75) is 45.3 Å². The van der Waals surface area contributed by atoms with Crippen LogP contribution in [0.1, 0.15) is 43.9 Å². The Labute approximate surface area is 130 Å². The van der Waals surface area contributed by atoms with Crippen LogP contribution in [0, 0.1) is 0 Å². The number of aliphatic carboxylic acids is 1. The molecule has 1 aromatic rings. The molecule has 1 aromatic carbocycles. The number of rotatable bonds is 6. The van der Waals surface area contributed by atoms with E-state index in [4.69, 9.17) is 4.74 Å². The van der Waals surface area contributed by atoms with E-state index in [0.717, 1.165) is 18.4 Å². The number of amides is 1. The van der Waals surface area contributed by atoms with Crippen molar-refractivity contribution in [1.82, 2.24) is 4.90 Å². The number of carboxylic acid groups (broad SMARTS) is 1. The number of fused-ring (bicyclic) bond motifs is 1. The van der Waals surface area contributed by atoms with E-state index >= 15 is 0 Å². The summed E-state index contributed by atoms with van der Waals surface area (Å²) in [5.74, 6) is -1.25. The Kier molecular flexibility index (Phi) is 5.55. The first-order valence-electron chi connectivity index (χ1n) is 7.79. The Hall–Kier alpha value is -1.88. The van der Waals surface area contributed by atoms with Crippen LogP contribution in [-0.4, -0.2) is 41.1 Å². The van der Waals surface area contributed by atoms with Crippen LogP contribution >= 0.6 is 0 Å². The number of carboxylic acids is 1. The summed E-state index contributed by atoms with van der Waals surface area (Å²) in [5.41, 5.74) is 1.70. The van der Waals surface area contributed by atoms with E-state index in [9.17, 15) is 14.7 Å². The molecule has 2 rings (SSSR count). The van der Waals surface area contributed by atoms with Crippen LogP contribution in [0.2, 0.25) is 0 Å². The highest BCUT2D eigenvalue weighted by Crippen LogP contribution is 2.30. The smallest absolute Gasteiger partial charge is 0.331 e. The van der Waals surface area contributed by atoms with Crippen LogP contribution in [0.4, 0.5) is 0 Å². The van der Waals surface area contributed by atoms with Gasteiger partial charge in [-0.15, -0.1) is 0 Å². The molecular weight excluding hydrogens is 282 g/mol. The van der Waals surface area contributed by atoms with E-state index in [0.29, 0.717) is 25.1 Å². The molecule has 1 heterocycles. The Balaban J connectivity index is 2.16. The van der Waals surface area contributed by atoms with Crippen molar-refractivity contribution in [3.05, 3.63) is 35.4 Å². The minimum atomic E-state index is -0.999. The summed E-state index contributed by atoms with van der Waals surface area (Å²) >= 11 is 0. The lowest BCUT2D eigenvalue weighted by Gasteiger charge is -2.36. The maximum Gasteiger partial charge on any atom is 0.331 e. The van der Waals surface area contributed by atoms with E-state index < -0.39 is 18.1 Å². The Bertz CT molecular complexity index is 543. The van der Waals surface area contributed by atoms with Crippen LogP contribution in [0.3, 0.4) is 0 Å². The van der Waals surface area contributed by atoms with Crippen molar-refractivity contribution in [3.8, 4) is 0 Å². The van der Waals surface area contributed by atoms with Gasteiger partial charge in [0.25, 0.3) is 5.91 Å². The number of benzene rings is 1. The Morgan fingerprint density at radius 2 is 2.14 bits per heavy atom. The highest BCUT2D eigenvalue weighted by Gasteiger charge is 2.37. The zero-order valence-electron chi connectivity index (χ0n) is 13.1. The van der Waals surface area contributed by atoms with E-state index in [-0.39, 0.29) is 5.91 Å². The third-order valence-electron chi connectivity index (χ3n) is 4.01. The molecule has 2 unspecified atom stereocenters. The number of hydrogen-bond acceptors (Lipinski definition) is 3. The molecule has 1 aliphatic heterocycles. The zero-order chi connectivity index (χ0) is 16.1. The predicted molar refractivity (Wildman–Crippen MR) is 82.6 cm³/mol. The molecule has 0 bridgehead atoms. The molecular formula is C17H23NO4. The first-order valence-corrected chi connectivity index (χ1v) is 7.79. The van der Waals surface area contributed by atoms with Gasteiger partial charge in [0.05, 0.1) is 0 Å². The largest absolute Gasteiger partial charge is 0.479 e. The molecule has 22 heavy (non-hydrogen) atoms. The number of ether oxygens (including phenoxy) is 1. The van der Waals surface area contributed by atoms with Crippen molar-refractivity contribution in [2.24, 2.45) is 0 Å². The molecule has 120 valence electrons. The van der Waals surface area contributed by atoms with Crippen LogP contribution < -0.4 is 0 Å². The normalized spacial score (nSPS) is 18.6. The van der Waals surface area contributed by atoms with Gasteiger partial charge in [0, 0.05) is 13.2 Å². The number of unbranched alkanes of at least 4 members (excludes halogenated alkanes) is 1. The second-order valence-electron chi connectivity index (χ2n) is 5.59. The van der Waals surface area contributed by atoms with Gasteiger partial charge < -0.3 is 14.7 Å². The summed E-state index contributed by atoms with van der Waals surface area (Å²) in [6.07, 6.45) is 1.95. The van der Waals surface area contributed by atoms with Crippen LogP contribution in [0.15, 0.2) is 24.3 Å². The standard InChI is InChI=1S/C17H23NO4/c1-3-4-11-22-12(2)16(19)18-10-9-13-7-5-6-8-14(13)15(18)17(20)21/h5-8,12,15H,3-4,9-11H2,1-2H3,(H,20,21). The molecule has 0 aliphatic carbocycles. The second kappa shape index (κ2) is 7.40. The van der Waals surface area contributed by atoms with Crippen molar-refractivity contribution in [3.63, 3.8) is 0 Å². The fourth-order valence-corrected chi connectivity index (χ4v) is 2.78. The summed E-state index contributed by atoms with van der Waals surface area (Å²) in [6, 6.07) is 6.50. The van der Waals surface area contributed by atoms with Gasteiger partial charge in [0.15, 0.2) is 6.04 Å². The molecule has 2 atom stereocenters. The first-order chi connectivity index (χ1) is 10.6. The summed E-state index contributed by atoms with van der Waals surface area (Å²) in [4.78, 5) is 25.7. The average molecular weight is 305 g/mol. The number of carbonyl (C=O) groups is 2. The molecule has 5 heteroatoms. The van der Waals surface area contributed by atoms with Gasteiger partial charge in [-0.3, -0.25) is 4.79 Å². The molecule has 0 spiro atoms. The molecule has 0 aromatic heterocycles. The minimum absolute atomic E-state index is 0.252. The number of nitrogens with zero attached hydrogens (tertiary/aromatic N) is 1. The molecule has 1 N–H and O–H groups in total. The maximum absolute atomic E-state index is 12.6. The highest BCUT2D eigenvalue weighted by molar-refractivity contribution is 5.87. The van der Waals surface area contributed by atoms with Crippen molar-refractivity contribution < 1.29 is 19.4 Å². The summed E-state index contributed by atoms with van der Waals surface area (Å²) < 4.78 is 5.53. The quantitative estimate of drug-likeness (QED) is 0.820. The third kappa shape index (κ3) is 3.47. The summed E-state index contributed by atoms with van der Waals surface area (Å²) in [5, 5.41) is 9.57. The van der Waals surface area contributed by atoms with Gasteiger partial charge in [0.2, 0.25) is 0 Å². The molecule has 1 amide bonds. The first kappa shape index (κ1) is 16.5. The molecule has 0 fully saturated rings. The SMILES string of the molecule is CCCCOC(C)C(=O)N1CCc2ccccc2C1C(=O)O. The zero-order valence-corrected chi connectivity index (χ0v) is 13.1. The van der Waals surface area contributed by atoms with Gasteiger partial charge in [-0.1, -0.05) is 37.6 Å². The molecule has 0 saturated carbocycles.